The van der Waals surface area contributed by atoms with E-state index in [1.54, 1.807) is 13.1 Å². The van der Waals surface area contributed by atoms with E-state index in [0.29, 0.717) is 18.8 Å². The van der Waals surface area contributed by atoms with Gasteiger partial charge in [-0.05, 0) is 70.4 Å². The highest BCUT2D eigenvalue weighted by atomic mass is 16.4. The third-order valence-electron chi connectivity index (χ3n) is 7.46. The molecule has 8 nitrogen and oxygen atoms in total. The summed E-state index contributed by atoms with van der Waals surface area (Å²) in [5.74, 6) is 1.09. The number of pyridine rings is 1. The van der Waals surface area contributed by atoms with Crippen molar-refractivity contribution in [2.75, 3.05) is 36.0 Å². The molecule has 3 aliphatic rings. The fraction of sp³-hybridized carbons (Fsp3) is 0.696. The Hall–Kier alpha value is -2.35. The molecule has 2 saturated heterocycles. The Morgan fingerprint density at radius 2 is 2.00 bits per heavy atom. The summed E-state index contributed by atoms with van der Waals surface area (Å²) >= 11 is 0. The molecule has 170 valence electrons. The number of aryl methyl sites for hydroxylation is 1. The molecule has 1 spiro atoms. The van der Waals surface area contributed by atoms with Gasteiger partial charge in [-0.1, -0.05) is 0 Å². The molecule has 8 heteroatoms. The standard InChI is InChI=1S/C23H34N4O4/c1-3-26(22(30)31)19-14-24-20(13-16(19)2)25-11-4-9-23(15-25)10-12-27(21(23)29)17-5-7-18(28)8-6-17/h13-14,17-18,28H,3-12,15H2,1-2H3,(H,30,31)/t17-,18-,23-/m0/s1. The fourth-order valence-electron chi connectivity index (χ4n) is 5.67. The summed E-state index contributed by atoms with van der Waals surface area (Å²) in [6.45, 7) is 6.41. The van der Waals surface area contributed by atoms with Crippen LogP contribution in [-0.4, -0.2) is 70.4 Å². The molecule has 1 aliphatic carbocycles. The van der Waals surface area contributed by atoms with Crippen molar-refractivity contribution >= 4 is 23.5 Å². The summed E-state index contributed by atoms with van der Waals surface area (Å²) in [5, 5.41) is 19.2. The van der Waals surface area contributed by atoms with Gasteiger partial charge in [-0.2, -0.15) is 0 Å². The fourth-order valence-corrected chi connectivity index (χ4v) is 5.67. The van der Waals surface area contributed by atoms with E-state index in [-0.39, 0.29) is 23.5 Å². The van der Waals surface area contributed by atoms with Crippen LogP contribution in [0.25, 0.3) is 0 Å². The molecule has 3 fully saturated rings. The van der Waals surface area contributed by atoms with Crippen molar-refractivity contribution < 1.29 is 19.8 Å². The van der Waals surface area contributed by atoms with Crippen molar-refractivity contribution in [2.24, 2.45) is 5.41 Å². The molecule has 3 heterocycles. The van der Waals surface area contributed by atoms with Gasteiger partial charge in [0, 0.05) is 32.2 Å². The number of rotatable bonds is 4. The Labute approximate surface area is 183 Å². The average Bonchev–Trinajstić information content (AvgIpc) is 3.05. The highest BCUT2D eigenvalue weighted by molar-refractivity contribution is 5.87. The Morgan fingerprint density at radius 3 is 2.65 bits per heavy atom. The third-order valence-corrected chi connectivity index (χ3v) is 7.46. The van der Waals surface area contributed by atoms with Crippen molar-refractivity contribution in [2.45, 2.75) is 70.9 Å². The normalized spacial score (nSPS) is 28.9. The smallest absolute Gasteiger partial charge is 0.411 e. The van der Waals surface area contributed by atoms with Gasteiger partial charge >= 0.3 is 6.09 Å². The quantitative estimate of drug-likeness (QED) is 0.762. The highest BCUT2D eigenvalue weighted by Crippen LogP contribution is 2.43. The number of aliphatic hydroxyl groups excluding tert-OH is 1. The Balaban J connectivity index is 1.49. The summed E-state index contributed by atoms with van der Waals surface area (Å²) in [4.78, 5) is 35.2. The van der Waals surface area contributed by atoms with Gasteiger partial charge in [-0.25, -0.2) is 9.78 Å². The first kappa shape index (κ1) is 21.9. The Kier molecular flexibility index (Phi) is 6.10. The van der Waals surface area contributed by atoms with Gasteiger partial charge in [-0.3, -0.25) is 9.69 Å². The maximum atomic E-state index is 13.5. The third kappa shape index (κ3) is 4.10. The van der Waals surface area contributed by atoms with Gasteiger partial charge in [0.25, 0.3) is 0 Å². The lowest BCUT2D eigenvalue weighted by molar-refractivity contribution is -0.139. The van der Waals surface area contributed by atoms with E-state index in [9.17, 15) is 19.8 Å². The van der Waals surface area contributed by atoms with Crippen LogP contribution in [0.5, 0.6) is 0 Å². The van der Waals surface area contributed by atoms with Gasteiger partial charge in [-0.15, -0.1) is 0 Å². The molecule has 0 radical (unpaired) electrons. The molecule has 31 heavy (non-hydrogen) atoms. The van der Waals surface area contributed by atoms with Crippen LogP contribution in [0.1, 0.15) is 57.4 Å². The Morgan fingerprint density at radius 1 is 1.26 bits per heavy atom. The van der Waals surface area contributed by atoms with Gasteiger partial charge in [0.15, 0.2) is 0 Å². The van der Waals surface area contributed by atoms with Crippen LogP contribution in [0.15, 0.2) is 12.3 Å². The second-order valence-electron chi connectivity index (χ2n) is 9.37. The molecular formula is C23H34N4O4. The molecule has 0 unspecified atom stereocenters. The minimum atomic E-state index is -0.982. The van der Waals surface area contributed by atoms with Crippen LogP contribution in [0.4, 0.5) is 16.3 Å². The molecule has 1 saturated carbocycles. The zero-order valence-corrected chi connectivity index (χ0v) is 18.6. The molecule has 0 bridgehead atoms. The van der Waals surface area contributed by atoms with Gasteiger partial charge in [0.1, 0.15) is 5.82 Å². The molecular weight excluding hydrogens is 396 g/mol. The van der Waals surface area contributed by atoms with Crippen molar-refractivity contribution in [3.05, 3.63) is 17.8 Å². The van der Waals surface area contributed by atoms with Crippen molar-refractivity contribution in [1.82, 2.24) is 9.88 Å². The number of piperidine rings is 1. The summed E-state index contributed by atoms with van der Waals surface area (Å²) in [6, 6.07) is 2.21. The van der Waals surface area contributed by atoms with Crippen molar-refractivity contribution in [3.63, 3.8) is 0 Å². The highest BCUT2D eigenvalue weighted by Gasteiger charge is 2.50. The zero-order chi connectivity index (χ0) is 22.2. The summed E-state index contributed by atoms with van der Waals surface area (Å²) in [7, 11) is 0. The number of aliphatic hydroxyl groups is 1. The van der Waals surface area contributed by atoms with E-state index < -0.39 is 6.09 Å². The minimum Gasteiger partial charge on any atom is -0.465 e. The molecule has 4 rings (SSSR count). The summed E-state index contributed by atoms with van der Waals surface area (Å²) in [6.07, 6.45) is 6.54. The summed E-state index contributed by atoms with van der Waals surface area (Å²) in [5.41, 5.74) is 1.13. The predicted molar refractivity (Wildman–Crippen MR) is 118 cm³/mol. The molecule has 0 aromatic carbocycles. The zero-order valence-electron chi connectivity index (χ0n) is 18.6. The number of carbonyl (C=O) groups is 2. The van der Waals surface area contributed by atoms with Gasteiger partial charge in [0.2, 0.25) is 5.91 Å². The SMILES string of the molecule is CCN(C(=O)O)c1cnc(N2CCC[C@]3(CCN([C@H]4CC[C@H](O)CC4)C3=O)C2)cc1C. The van der Waals surface area contributed by atoms with E-state index in [1.165, 1.54) is 4.90 Å². The average molecular weight is 431 g/mol. The second-order valence-corrected chi connectivity index (χ2v) is 9.37. The number of carboxylic acid groups (broad SMARTS) is 1. The molecule has 1 aromatic rings. The number of likely N-dealkylation sites (tertiary alicyclic amines) is 1. The second kappa shape index (κ2) is 8.65. The van der Waals surface area contributed by atoms with E-state index in [4.69, 9.17) is 0 Å². The first-order valence-electron chi connectivity index (χ1n) is 11.6. The number of hydrogen-bond donors (Lipinski definition) is 2. The van der Waals surface area contributed by atoms with Crippen LogP contribution < -0.4 is 9.80 Å². The minimum absolute atomic E-state index is 0.213. The monoisotopic (exact) mass is 430 g/mol. The Bertz CT molecular complexity index is 839. The van der Waals surface area contributed by atoms with E-state index in [1.807, 2.05) is 13.0 Å². The van der Waals surface area contributed by atoms with Crippen LogP contribution in [0.2, 0.25) is 0 Å². The number of hydrogen-bond acceptors (Lipinski definition) is 5. The van der Waals surface area contributed by atoms with Gasteiger partial charge in [0.05, 0.1) is 23.4 Å². The maximum absolute atomic E-state index is 13.5. The van der Waals surface area contributed by atoms with Gasteiger partial charge < -0.3 is 20.0 Å². The number of anilines is 2. The number of carbonyl (C=O) groups excluding carboxylic acids is 1. The van der Waals surface area contributed by atoms with E-state index >= 15 is 0 Å². The molecule has 2 N–H and O–H groups in total. The number of aromatic nitrogens is 1. The molecule has 1 atom stereocenters. The van der Waals surface area contributed by atoms with E-state index in [0.717, 1.165) is 69.4 Å². The largest absolute Gasteiger partial charge is 0.465 e. The number of nitrogens with zero attached hydrogens (tertiary/aromatic N) is 4. The van der Waals surface area contributed by atoms with Crippen molar-refractivity contribution in [1.29, 1.82) is 0 Å². The summed E-state index contributed by atoms with van der Waals surface area (Å²) < 4.78 is 0. The lowest BCUT2D eigenvalue weighted by Gasteiger charge is -2.41. The van der Waals surface area contributed by atoms with Crippen LogP contribution in [-0.2, 0) is 4.79 Å². The lowest BCUT2D eigenvalue weighted by Crippen LogP contribution is -2.50. The van der Waals surface area contributed by atoms with E-state index in [2.05, 4.69) is 14.8 Å². The topological polar surface area (TPSA) is 97.2 Å². The maximum Gasteiger partial charge on any atom is 0.411 e. The molecule has 1 aromatic heterocycles. The first-order chi connectivity index (χ1) is 14.8. The number of amides is 2. The molecule has 2 aliphatic heterocycles. The predicted octanol–water partition coefficient (Wildman–Crippen LogP) is 3.02. The van der Waals surface area contributed by atoms with Crippen LogP contribution in [0.3, 0.4) is 0 Å². The van der Waals surface area contributed by atoms with Crippen molar-refractivity contribution in [3.8, 4) is 0 Å². The first-order valence-corrected chi connectivity index (χ1v) is 11.6. The van der Waals surface area contributed by atoms with Crippen LogP contribution in [0, 0.1) is 12.3 Å². The lowest BCUT2D eigenvalue weighted by atomic mass is 9.78. The van der Waals surface area contributed by atoms with Crippen LogP contribution >= 0.6 is 0 Å². The molecule has 2 amide bonds.